The Bertz CT molecular complexity index is 556. The molecule has 0 aliphatic rings. The summed E-state index contributed by atoms with van der Waals surface area (Å²) < 4.78 is 6.76. The van der Waals surface area contributed by atoms with Crippen LogP contribution in [0, 0.1) is 0 Å². The van der Waals surface area contributed by atoms with E-state index in [-0.39, 0.29) is 6.04 Å². The van der Waals surface area contributed by atoms with Crippen molar-refractivity contribution in [2.24, 2.45) is 0 Å². The van der Waals surface area contributed by atoms with Gasteiger partial charge in [-0.2, -0.15) is 0 Å². The van der Waals surface area contributed by atoms with Gasteiger partial charge in [-0.25, -0.2) is 0 Å². The van der Waals surface area contributed by atoms with Crippen LogP contribution in [0.4, 0.5) is 5.69 Å². The van der Waals surface area contributed by atoms with Crippen LogP contribution >= 0.6 is 15.9 Å². The summed E-state index contributed by atoms with van der Waals surface area (Å²) in [4.78, 5) is 0. The maximum absolute atomic E-state index is 5.65. The molecule has 0 saturated heterocycles. The molecule has 20 heavy (non-hydrogen) atoms. The molecule has 0 aliphatic heterocycles. The van der Waals surface area contributed by atoms with Crippen molar-refractivity contribution in [2.75, 3.05) is 11.9 Å². The minimum absolute atomic E-state index is 0.244. The highest BCUT2D eigenvalue weighted by atomic mass is 79.9. The fourth-order valence-corrected chi connectivity index (χ4v) is 2.42. The zero-order valence-electron chi connectivity index (χ0n) is 11.9. The van der Waals surface area contributed by atoms with Crippen LogP contribution in [0.3, 0.4) is 0 Å². The lowest BCUT2D eigenvalue weighted by Gasteiger charge is -2.17. The summed E-state index contributed by atoms with van der Waals surface area (Å²) in [6.45, 7) is 5.02. The molecule has 106 valence electrons. The van der Waals surface area contributed by atoms with Gasteiger partial charge in [-0.15, -0.1) is 0 Å². The molecule has 1 N–H and O–H groups in total. The van der Waals surface area contributed by atoms with Crippen molar-refractivity contribution in [2.45, 2.75) is 26.3 Å². The highest BCUT2D eigenvalue weighted by Crippen LogP contribution is 2.24. The molecular weight excluding hydrogens is 314 g/mol. The van der Waals surface area contributed by atoms with Gasteiger partial charge in [-0.3, -0.25) is 0 Å². The summed E-state index contributed by atoms with van der Waals surface area (Å²) >= 11 is 3.51. The molecule has 0 spiro atoms. The van der Waals surface area contributed by atoms with E-state index in [4.69, 9.17) is 4.74 Å². The van der Waals surface area contributed by atoms with Gasteiger partial charge in [0.15, 0.2) is 0 Å². The summed E-state index contributed by atoms with van der Waals surface area (Å²) in [5.41, 5.74) is 2.32. The summed E-state index contributed by atoms with van der Waals surface area (Å²) in [6.07, 6.45) is 1.02. The SMILES string of the molecule is CCCOc1cccc(NC(C)c2cccc(Br)c2)c1. The standard InChI is InChI=1S/C17H20BrNO/c1-3-10-20-17-9-5-8-16(12-17)19-13(2)14-6-4-7-15(18)11-14/h4-9,11-13,19H,3,10H2,1-2H3. The predicted molar refractivity (Wildman–Crippen MR) is 88.4 cm³/mol. The third-order valence-corrected chi connectivity index (χ3v) is 3.53. The van der Waals surface area contributed by atoms with Gasteiger partial charge in [-0.1, -0.05) is 41.1 Å². The maximum Gasteiger partial charge on any atom is 0.121 e. The van der Waals surface area contributed by atoms with Crippen LogP contribution in [0.1, 0.15) is 31.9 Å². The van der Waals surface area contributed by atoms with Gasteiger partial charge in [-0.05, 0) is 43.2 Å². The number of halogens is 1. The number of rotatable bonds is 6. The Morgan fingerprint density at radius 1 is 1.15 bits per heavy atom. The molecule has 0 saturated carbocycles. The average molecular weight is 334 g/mol. The first kappa shape index (κ1) is 14.9. The van der Waals surface area contributed by atoms with E-state index >= 15 is 0 Å². The minimum Gasteiger partial charge on any atom is -0.494 e. The fraction of sp³-hybridized carbons (Fsp3) is 0.294. The van der Waals surface area contributed by atoms with Crippen molar-refractivity contribution in [1.29, 1.82) is 0 Å². The second-order valence-corrected chi connectivity index (χ2v) is 5.71. The minimum atomic E-state index is 0.244. The average Bonchev–Trinajstić information content (AvgIpc) is 2.45. The van der Waals surface area contributed by atoms with Crippen molar-refractivity contribution >= 4 is 21.6 Å². The lowest BCUT2D eigenvalue weighted by molar-refractivity contribution is 0.317. The van der Waals surface area contributed by atoms with Gasteiger partial charge in [0.1, 0.15) is 5.75 Å². The van der Waals surface area contributed by atoms with Gasteiger partial charge in [0.2, 0.25) is 0 Å². The summed E-state index contributed by atoms with van der Waals surface area (Å²) in [5.74, 6) is 0.915. The molecule has 0 aromatic heterocycles. The van der Waals surface area contributed by atoms with Crippen molar-refractivity contribution in [3.63, 3.8) is 0 Å². The first-order chi connectivity index (χ1) is 9.69. The van der Waals surface area contributed by atoms with Gasteiger partial charge in [0.25, 0.3) is 0 Å². The topological polar surface area (TPSA) is 21.3 Å². The zero-order chi connectivity index (χ0) is 14.4. The molecule has 0 aliphatic carbocycles. The van der Waals surface area contributed by atoms with Crippen LogP contribution in [-0.4, -0.2) is 6.61 Å². The number of hydrogen-bond acceptors (Lipinski definition) is 2. The summed E-state index contributed by atoms with van der Waals surface area (Å²) in [5, 5.41) is 3.50. The zero-order valence-corrected chi connectivity index (χ0v) is 13.5. The third kappa shape index (κ3) is 4.27. The highest BCUT2D eigenvalue weighted by molar-refractivity contribution is 9.10. The molecule has 2 rings (SSSR count). The van der Waals surface area contributed by atoms with Crippen LogP contribution < -0.4 is 10.1 Å². The van der Waals surface area contributed by atoms with Gasteiger partial charge >= 0.3 is 0 Å². The lowest BCUT2D eigenvalue weighted by Crippen LogP contribution is -2.06. The molecule has 0 heterocycles. The third-order valence-electron chi connectivity index (χ3n) is 3.04. The van der Waals surface area contributed by atoms with E-state index in [1.807, 2.05) is 24.3 Å². The van der Waals surface area contributed by atoms with E-state index in [9.17, 15) is 0 Å². The number of benzene rings is 2. The molecular formula is C17H20BrNO. The van der Waals surface area contributed by atoms with Crippen LogP contribution in [0.5, 0.6) is 5.75 Å². The first-order valence-corrected chi connectivity index (χ1v) is 7.73. The van der Waals surface area contributed by atoms with Crippen molar-refractivity contribution < 1.29 is 4.74 Å². The van der Waals surface area contributed by atoms with Crippen LogP contribution in [0.15, 0.2) is 53.0 Å². The van der Waals surface area contributed by atoms with Gasteiger partial charge in [0, 0.05) is 22.3 Å². The Morgan fingerprint density at radius 3 is 2.70 bits per heavy atom. The molecule has 0 fully saturated rings. The molecule has 1 unspecified atom stereocenters. The molecule has 2 aromatic carbocycles. The fourth-order valence-electron chi connectivity index (χ4n) is 2.00. The first-order valence-electron chi connectivity index (χ1n) is 6.94. The highest BCUT2D eigenvalue weighted by Gasteiger charge is 2.06. The Kier molecular flexibility index (Phi) is 5.48. The van der Waals surface area contributed by atoms with Crippen molar-refractivity contribution in [1.82, 2.24) is 0 Å². The normalized spacial score (nSPS) is 11.9. The maximum atomic E-state index is 5.65. The molecule has 0 amide bonds. The predicted octanol–water partition coefficient (Wildman–Crippen LogP) is 5.41. The van der Waals surface area contributed by atoms with Crippen LogP contribution in [-0.2, 0) is 0 Å². The van der Waals surface area contributed by atoms with E-state index < -0.39 is 0 Å². The number of ether oxygens (including phenoxy) is 1. The van der Waals surface area contributed by atoms with E-state index in [2.05, 4.69) is 59.4 Å². The molecule has 2 nitrogen and oxygen atoms in total. The number of anilines is 1. The monoisotopic (exact) mass is 333 g/mol. The van der Waals surface area contributed by atoms with Gasteiger partial charge < -0.3 is 10.1 Å². The molecule has 0 radical (unpaired) electrons. The van der Waals surface area contributed by atoms with E-state index in [0.717, 1.165) is 28.9 Å². The van der Waals surface area contributed by atoms with Crippen LogP contribution in [0.25, 0.3) is 0 Å². The quantitative estimate of drug-likeness (QED) is 0.762. The number of hydrogen-bond donors (Lipinski definition) is 1. The Balaban J connectivity index is 2.05. The van der Waals surface area contributed by atoms with Crippen molar-refractivity contribution in [3.8, 4) is 5.75 Å². The smallest absolute Gasteiger partial charge is 0.121 e. The molecule has 1 atom stereocenters. The second kappa shape index (κ2) is 7.34. The Morgan fingerprint density at radius 2 is 1.95 bits per heavy atom. The van der Waals surface area contributed by atoms with Gasteiger partial charge in [0.05, 0.1) is 6.61 Å². The molecule has 0 bridgehead atoms. The molecule has 3 heteroatoms. The van der Waals surface area contributed by atoms with E-state index in [1.54, 1.807) is 0 Å². The lowest BCUT2D eigenvalue weighted by atomic mass is 10.1. The second-order valence-electron chi connectivity index (χ2n) is 4.80. The summed E-state index contributed by atoms with van der Waals surface area (Å²) in [7, 11) is 0. The summed E-state index contributed by atoms with van der Waals surface area (Å²) in [6, 6.07) is 16.7. The number of nitrogens with one attached hydrogen (secondary N) is 1. The van der Waals surface area contributed by atoms with Crippen LogP contribution in [0.2, 0.25) is 0 Å². The van der Waals surface area contributed by atoms with E-state index in [0.29, 0.717) is 0 Å². The Hall–Kier alpha value is -1.48. The Labute approximate surface area is 129 Å². The van der Waals surface area contributed by atoms with Crippen molar-refractivity contribution in [3.05, 3.63) is 58.6 Å². The largest absolute Gasteiger partial charge is 0.494 e. The van der Waals surface area contributed by atoms with E-state index in [1.165, 1.54) is 5.56 Å². The molecule has 2 aromatic rings.